The van der Waals surface area contributed by atoms with E-state index in [1.807, 2.05) is 42.5 Å². The van der Waals surface area contributed by atoms with E-state index in [0.29, 0.717) is 0 Å². The van der Waals surface area contributed by atoms with Crippen LogP contribution < -0.4 is 0 Å². The predicted octanol–water partition coefficient (Wildman–Crippen LogP) is 5.52. The van der Waals surface area contributed by atoms with Crippen LogP contribution in [-0.2, 0) is 4.79 Å². The highest BCUT2D eigenvalue weighted by Crippen LogP contribution is 2.09. The molecule has 0 aliphatic carbocycles. The Morgan fingerprint density at radius 2 is 1.32 bits per heavy atom. The molecule has 0 aromatic heterocycles. The van der Waals surface area contributed by atoms with Crippen LogP contribution in [0.1, 0.15) is 51.9 Å². The quantitative estimate of drug-likeness (QED) is 0.248. The summed E-state index contributed by atoms with van der Waals surface area (Å²) in [5.41, 5.74) is 0. The number of hydrogen-bond donors (Lipinski definition) is 2. The number of carboxylic acids is 1. The standard InChI is InChI=1S/C22H32O3/c1-2-3-15-18-21(23)19-16-13-11-9-7-5-4-6-8-10-12-14-17-20-22(24)25/h4-12,14,17,20-21,23H,2-3,13,15-16,18-19H2,1H3,(H,24,25)/b6-4+,7-5+,10-8+,11-9+,14-12+,20-17+. The Morgan fingerprint density at radius 3 is 1.88 bits per heavy atom. The van der Waals surface area contributed by atoms with Crippen molar-refractivity contribution in [1.82, 2.24) is 0 Å². The van der Waals surface area contributed by atoms with Gasteiger partial charge in [-0.2, -0.15) is 0 Å². The van der Waals surface area contributed by atoms with Gasteiger partial charge in [0.25, 0.3) is 0 Å². The van der Waals surface area contributed by atoms with E-state index in [9.17, 15) is 9.90 Å². The zero-order chi connectivity index (χ0) is 18.6. The number of aliphatic hydroxyl groups excluding tert-OH is 1. The van der Waals surface area contributed by atoms with Crippen molar-refractivity contribution in [1.29, 1.82) is 0 Å². The maximum atomic E-state index is 10.2. The van der Waals surface area contributed by atoms with Crippen LogP contribution in [0.3, 0.4) is 0 Å². The SMILES string of the molecule is CCCCCC(O)CCC/C=C/C=C/C=C/C=C/C=C/C=C/C(=O)O. The van der Waals surface area contributed by atoms with Gasteiger partial charge in [-0.1, -0.05) is 93.0 Å². The fourth-order valence-electron chi connectivity index (χ4n) is 2.07. The van der Waals surface area contributed by atoms with Gasteiger partial charge >= 0.3 is 5.97 Å². The number of allylic oxidation sites excluding steroid dienone is 11. The molecule has 0 heterocycles. The molecule has 0 aromatic rings. The van der Waals surface area contributed by atoms with Crippen molar-refractivity contribution in [3.05, 3.63) is 72.9 Å². The average molecular weight is 344 g/mol. The lowest BCUT2D eigenvalue weighted by molar-refractivity contribution is -0.131. The van der Waals surface area contributed by atoms with Crippen molar-refractivity contribution < 1.29 is 15.0 Å². The molecule has 25 heavy (non-hydrogen) atoms. The van der Waals surface area contributed by atoms with Crippen LogP contribution in [-0.4, -0.2) is 22.3 Å². The third-order valence-corrected chi connectivity index (χ3v) is 3.42. The minimum atomic E-state index is -0.949. The van der Waals surface area contributed by atoms with Gasteiger partial charge in [0.15, 0.2) is 0 Å². The number of aliphatic carboxylic acids is 1. The molecular weight excluding hydrogens is 312 g/mol. The third-order valence-electron chi connectivity index (χ3n) is 3.42. The van der Waals surface area contributed by atoms with E-state index in [0.717, 1.165) is 38.2 Å². The first-order valence-corrected chi connectivity index (χ1v) is 9.07. The lowest BCUT2D eigenvalue weighted by Crippen LogP contribution is -2.05. The number of carbonyl (C=O) groups is 1. The summed E-state index contributed by atoms with van der Waals surface area (Å²) in [6.07, 6.45) is 28.9. The molecule has 0 saturated heterocycles. The molecule has 3 nitrogen and oxygen atoms in total. The molecule has 0 spiro atoms. The molecule has 138 valence electrons. The summed E-state index contributed by atoms with van der Waals surface area (Å²) in [6, 6.07) is 0. The first kappa shape index (κ1) is 22.9. The first-order chi connectivity index (χ1) is 12.2. The highest BCUT2D eigenvalue weighted by Gasteiger charge is 2.01. The second-order valence-electron chi connectivity index (χ2n) is 5.75. The van der Waals surface area contributed by atoms with Crippen LogP contribution in [0.2, 0.25) is 0 Å². The summed E-state index contributed by atoms with van der Waals surface area (Å²) >= 11 is 0. The Balaban J connectivity index is 3.69. The molecular formula is C22H32O3. The Hall–Kier alpha value is -2.13. The van der Waals surface area contributed by atoms with Gasteiger partial charge in [0.2, 0.25) is 0 Å². The lowest BCUT2D eigenvalue weighted by atomic mass is 10.1. The second kappa shape index (κ2) is 18.2. The molecule has 0 fully saturated rings. The van der Waals surface area contributed by atoms with E-state index in [1.54, 1.807) is 12.2 Å². The van der Waals surface area contributed by atoms with Crippen molar-refractivity contribution >= 4 is 5.97 Å². The molecule has 0 amide bonds. The number of carboxylic acid groups (broad SMARTS) is 1. The van der Waals surface area contributed by atoms with E-state index in [2.05, 4.69) is 13.0 Å². The molecule has 1 atom stereocenters. The zero-order valence-corrected chi connectivity index (χ0v) is 15.3. The Kier molecular flexibility index (Phi) is 16.7. The smallest absolute Gasteiger partial charge is 0.328 e. The van der Waals surface area contributed by atoms with E-state index in [-0.39, 0.29) is 6.10 Å². The molecule has 1 unspecified atom stereocenters. The highest BCUT2D eigenvalue weighted by atomic mass is 16.4. The minimum absolute atomic E-state index is 0.140. The maximum absolute atomic E-state index is 10.2. The summed E-state index contributed by atoms with van der Waals surface area (Å²) in [5, 5.41) is 18.2. The predicted molar refractivity (Wildman–Crippen MR) is 106 cm³/mol. The van der Waals surface area contributed by atoms with E-state index >= 15 is 0 Å². The van der Waals surface area contributed by atoms with Gasteiger partial charge in [-0.3, -0.25) is 0 Å². The lowest BCUT2D eigenvalue weighted by Gasteiger charge is -2.08. The van der Waals surface area contributed by atoms with E-state index in [4.69, 9.17) is 5.11 Å². The summed E-state index contributed by atoms with van der Waals surface area (Å²) < 4.78 is 0. The molecule has 3 heteroatoms. The fourth-order valence-corrected chi connectivity index (χ4v) is 2.07. The molecule has 0 saturated carbocycles. The van der Waals surface area contributed by atoms with Crippen molar-refractivity contribution in [3.8, 4) is 0 Å². The first-order valence-electron chi connectivity index (χ1n) is 9.07. The Bertz CT molecular complexity index is 493. The summed E-state index contributed by atoms with van der Waals surface area (Å²) in [7, 11) is 0. The highest BCUT2D eigenvalue weighted by molar-refractivity contribution is 5.80. The van der Waals surface area contributed by atoms with Crippen molar-refractivity contribution in [2.45, 2.75) is 58.0 Å². The van der Waals surface area contributed by atoms with Gasteiger partial charge in [0.1, 0.15) is 0 Å². The molecule has 0 radical (unpaired) electrons. The van der Waals surface area contributed by atoms with Crippen LogP contribution in [0.4, 0.5) is 0 Å². The molecule has 0 aromatic carbocycles. The normalized spacial score (nSPS) is 14.3. The van der Waals surface area contributed by atoms with Gasteiger partial charge in [-0.25, -0.2) is 4.79 Å². The average Bonchev–Trinajstić information content (AvgIpc) is 2.58. The summed E-state index contributed by atoms with van der Waals surface area (Å²) in [6.45, 7) is 2.18. The monoisotopic (exact) mass is 344 g/mol. The fraction of sp³-hybridized carbons (Fsp3) is 0.409. The number of rotatable bonds is 14. The molecule has 0 aliphatic heterocycles. The number of unbranched alkanes of at least 4 members (excludes halogenated alkanes) is 3. The van der Waals surface area contributed by atoms with Crippen LogP contribution in [0, 0.1) is 0 Å². The van der Waals surface area contributed by atoms with Crippen molar-refractivity contribution in [2.75, 3.05) is 0 Å². The van der Waals surface area contributed by atoms with E-state index in [1.165, 1.54) is 18.9 Å². The summed E-state index contributed by atoms with van der Waals surface area (Å²) in [4.78, 5) is 10.2. The third kappa shape index (κ3) is 19.8. The number of aliphatic hydroxyl groups is 1. The van der Waals surface area contributed by atoms with Gasteiger partial charge in [-0.15, -0.1) is 0 Å². The zero-order valence-electron chi connectivity index (χ0n) is 15.3. The van der Waals surface area contributed by atoms with E-state index < -0.39 is 5.97 Å². The number of hydrogen-bond acceptors (Lipinski definition) is 2. The van der Waals surface area contributed by atoms with Gasteiger partial charge in [0, 0.05) is 6.08 Å². The molecule has 0 bridgehead atoms. The van der Waals surface area contributed by atoms with Gasteiger partial charge < -0.3 is 10.2 Å². The summed E-state index contributed by atoms with van der Waals surface area (Å²) in [5.74, 6) is -0.949. The van der Waals surface area contributed by atoms with Crippen molar-refractivity contribution in [2.24, 2.45) is 0 Å². The largest absolute Gasteiger partial charge is 0.478 e. The second-order valence-corrected chi connectivity index (χ2v) is 5.75. The molecule has 2 N–H and O–H groups in total. The maximum Gasteiger partial charge on any atom is 0.328 e. The van der Waals surface area contributed by atoms with Crippen LogP contribution in [0.25, 0.3) is 0 Å². The van der Waals surface area contributed by atoms with Crippen molar-refractivity contribution in [3.63, 3.8) is 0 Å². The topological polar surface area (TPSA) is 57.5 Å². The van der Waals surface area contributed by atoms with Crippen LogP contribution in [0.15, 0.2) is 72.9 Å². The van der Waals surface area contributed by atoms with Crippen LogP contribution in [0.5, 0.6) is 0 Å². The van der Waals surface area contributed by atoms with Crippen LogP contribution >= 0.6 is 0 Å². The van der Waals surface area contributed by atoms with Gasteiger partial charge in [0.05, 0.1) is 6.10 Å². The Morgan fingerprint density at radius 1 is 0.800 bits per heavy atom. The van der Waals surface area contributed by atoms with Gasteiger partial charge in [-0.05, 0) is 25.7 Å². The molecule has 0 aliphatic rings. The molecule has 0 rings (SSSR count). The Labute approximate surface area is 152 Å². The minimum Gasteiger partial charge on any atom is -0.478 e.